The molecule has 0 fully saturated rings. The van der Waals surface area contributed by atoms with Crippen molar-refractivity contribution in [3.8, 4) is 11.5 Å². The van der Waals surface area contributed by atoms with Gasteiger partial charge < -0.3 is 10.1 Å². The number of nitrogens with zero attached hydrogens (tertiary/aromatic N) is 3. The predicted octanol–water partition coefficient (Wildman–Crippen LogP) is 3.99. The van der Waals surface area contributed by atoms with Gasteiger partial charge in [0.05, 0.1) is 28.4 Å². The number of nitro groups is 1. The van der Waals surface area contributed by atoms with Crippen LogP contribution in [0.1, 0.15) is 21.6 Å². The molecule has 2 aromatic carbocycles. The summed E-state index contributed by atoms with van der Waals surface area (Å²) in [7, 11) is 1.73. The number of non-ortho nitro benzene ring substituents is 1. The first-order valence-electron chi connectivity index (χ1n) is 8.17. The lowest BCUT2D eigenvalue weighted by atomic mass is 10.2. The van der Waals surface area contributed by atoms with Gasteiger partial charge in [-0.15, -0.1) is 0 Å². The summed E-state index contributed by atoms with van der Waals surface area (Å²) in [5, 5.41) is 17.9. The highest BCUT2D eigenvalue weighted by Gasteiger charge is 2.16. The van der Waals surface area contributed by atoms with E-state index in [0.717, 1.165) is 5.56 Å². The highest BCUT2D eigenvalue weighted by molar-refractivity contribution is 6.05. The lowest BCUT2D eigenvalue weighted by Gasteiger charge is -2.10. The lowest BCUT2D eigenvalue weighted by Crippen LogP contribution is -2.13. The average molecular weight is 366 g/mol. The number of anilines is 1. The summed E-state index contributed by atoms with van der Waals surface area (Å²) in [5.41, 5.74) is 2.23. The van der Waals surface area contributed by atoms with Crippen LogP contribution < -0.4 is 10.1 Å². The molecule has 138 valence electrons. The number of amides is 1. The van der Waals surface area contributed by atoms with Crippen molar-refractivity contribution in [1.82, 2.24) is 9.78 Å². The summed E-state index contributed by atoms with van der Waals surface area (Å²) in [6.45, 7) is 3.71. The van der Waals surface area contributed by atoms with Crippen LogP contribution in [0.5, 0.6) is 11.5 Å². The van der Waals surface area contributed by atoms with Crippen LogP contribution in [0.2, 0.25) is 0 Å². The minimum atomic E-state index is -0.535. The quantitative estimate of drug-likeness (QED) is 0.544. The number of carbonyl (C=O) groups excluding carboxylic acids is 1. The first-order chi connectivity index (χ1) is 12.8. The maximum absolute atomic E-state index is 12.5. The number of nitrogens with one attached hydrogen (secondary N) is 1. The number of hydrogen-bond donors (Lipinski definition) is 1. The minimum Gasteiger partial charge on any atom is -0.457 e. The van der Waals surface area contributed by atoms with Crippen molar-refractivity contribution in [2.75, 3.05) is 5.32 Å². The van der Waals surface area contributed by atoms with E-state index in [1.807, 2.05) is 19.1 Å². The lowest BCUT2D eigenvalue weighted by molar-refractivity contribution is -0.384. The second-order valence-corrected chi connectivity index (χ2v) is 6.11. The van der Waals surface area contributed by atoms with Gasteiger partial charge in [0.25, 0.3) is 11.6 Å². The molecule has 0 saturated carbocycles. The molecule has 1 aromatic heterocycles. The molecule has 0 radical (unpaired) electrons. The second kappa shape index (κ2) is 7.28. The minimum absolute atomic E-state index is 0.183. The third-order valence-electron chi connectivity index (χ3n) is 4.10. The average Bonchev–Trinajstić information content (AvgIpc) is 2.96. The molecule has 1 N–H and O–H groups in total. The number of aromatic nitrogens is 2. The molecule has 0 aliphatic rings. The van der Waals surface area contributed by atoms with Crippen molar-refractivity contribution in [2.45, 2.75) is 13.8 Å². The van der Waals surface area contributed by atoms with Gasteiger partial charge in [0, 0.05) is 24.9 Å². The molecule has 0 atom stereocenters. The Morgan fingerprint density at radius 2 is 1.85 bits per heavy atom. The van der Waals surface area contributed by atoms with E-state index in [1.54, 1.807) is 30.8 Å². The van der Waals surface area contributed by atoms with Gasteiger partial charge in [-0.3, -0.25) is 19.6 Å². The topological polar surface area (TPSA) is 99.3 Å². The molecule has 0 aliphatic carbocycles. The summed E-state index contributed by atoms with van der Waals surface area (Å²) < 4.78 is 7.29. The van der Waals surface area contributed by atoms with E-state index in [1.165, 1.54) is 24.4 Å². The first-order valence-corrected chi connectivity index (χ1v) is 8.17. The van der Waals surface area contributed by atoms with E-state index in [2.05, 4.69) is 10.4 Å². The number of hydrogen-bond acceptors (Lipinski definition) is 5. The molecule has 0 saturated heterocycles. The summed E-state index contributed by atoms with van der Waals surface area (Å²) in [6, 6.07) is 11.4. The number of rotatable bonds is 5. The van der Waals surface area contributed by atoms with Crippen LogP contribution in [0.15, 0.2) is 48.7 Å². The molecule has 8 nitrogen and oxygen atoms in total. The zero-order valence-electron chi connectivity index (χ0n) is 15.1. The Morgan fingerprint density at radius 1 is 1.15 bits per heavy atom. The normalized spacial score (nSPS) is 10.5. The van der Waals surface area contributed by atoms with Gasteiger partial charge in [-0.25, -0.2) is 0 Å². The van der Waals surface area contributed by atoms with E-state index in [9.17, 15) is 14.9 Å². The number of nitro benzene ring substituents is 1. The van der Waals surface area contributed by atoms with E-state index < -0.39 is 10.8 Å². The fourth-order valence-corrected chi connectivity index (χ4v) is 2.48. The summed E-state index contributed by atoms with van der Waals surface area (Å²) in [4.78, 5) is 23.2. The molecule has 27 heavy (non-hydrogen) atoms. The largest absolute Gasteiger partial charge is 0.457 e. The molecular formula is C19H18N4O4. The Balaban J connectivity index is 1.89. The Morgan fingerprint density at radius 3 is 2.44 bits per heavy atom. The number of carbonyl (C=O) groups is 1. The van der Waals surface area contributed by atoms with Crippen LogP contribution in [0.4, 0.5) is 11.4 Å². The molecule has 0 aliphatic heterocycles. The van der Waals surface area contributed by atoms with Gasteiger partial charge >= 0.3 is 0 Å². The maximum Gasteiger partial charge on any atom is 0.275 e. The molecule has 0 unspecified atom stereocenters. The van der Waals surface area contributed by atoms with Crippen molar-refractivity contribution >= 4 is 17.3 Å². The van der Waals surface area contributed by atoms with Crippen molar-refractivity contribution in [3.05, 3.63) is 75.6 Å². The van der Waals surface area contributed by atoms with Gasteiger partial charge in [0.2, 0.25) is 0 Å². The molecule has 1 heterocycles. The van der Waals surface area contributed by atoms with Gasteiger partial charge in [-0.05, 0) is 26.0 Å². The summed E-state index contributed by atoms with van der Waals surface area (Å²) in [6.07, 6.45) is 1.45. The van der Waals surface area contributed by atoms with E-state index in [-0.39, 0.29) is 17.1 Å². The highest BCUT2D eigenvalue weighted by atomic mass is 16.6. The smallest absolute Gasteiger partial charge is 0.275 e. The monoisotopic (exact) mass is 366 g/mol. The molecule has 3 rings (SSSR count). The SMILES string of the molecule is Cc1ccc(Oc2cc(NC(=O)c3cnn(C)c3C)cc([N+](=O)[O-])c2)cc1. The van der Waals surface area contributed by atoms with Crippen molar-refractivity contribution in [1.29, 1.82) is 0 Å². The van der Waals surface area contributed by atoms with Crippen LogP contribution >= 0.6 is 0 Å². The van der Waals surface area contributed by atoms with E-state index in [0.29, 0.717) is 17.0 Å². The Hall–Kier alpha value is -3.68. The van der Waals surface area contributed by atoms with Crippen LogP contribution in [-0.2, 0) is 7.05 Å². The zero-order chi connectivity index (χ0) is 19.6. The summed E-state index contributed by atoms with van der Waals surface area (Å²) in [5.74, 6) is 0.398. The first kappa shape index (κ1) is 18.1. The van der Waals surface area contributed by atoms with Crippen LogP contribution in [0.3, 0.4) is 0 Å². The van der Waals surface area contributed by atoms with E-state index >= 15 is 0 Å². The number of ether oxygens (including phenoxy) is 1. The number of benzene rings is 2. The van der Waals surface area contributed by atoms with Gasteiger partial charge in [0.15, 0.2) is 0 Å². The van der Waals surface area contributed by atoms with Gasteiger partial charge in [0.1, 0.15) is 11.5 Å². The Labute approximate surface area is 155 Å². The van der Waals surface area contributed by atoms with Crippen LogP contribution in [0.25, 0.3) is 0 Å². The van der Waals surface area contributed by atoms with Crippen LogP contribution in [0, 0.1) is 24.0 Å². The molecule has 3 aromatic rings. The predicted molar refractivity (Wildman–Crippen MR) is 100 cm³/mol. The third-order valence-corrected chi connectivity index (χ3v) is 4.10. The zero-order valence-corrected chi connectivity index (χ0v) is 15.1. The fourth-order valence-electron chi connectivity index (χ4n) is 2.48. The van der Waals surface area contributed by atoms with Gasteiger partial charge in [-0.1, -0.05) is 17.7 Å². The molecule has 0 spiro atoms. The second-order valence-electron chi connectivity index (χ2n) is 6.11. The molecule has 0 bridgehead atoms. The molecule has 8 heteroatoms. The van der Waals surface area contributed by atoms with Crippen molar-refractivity contribution < 1.29 is 14.5 Å². The summed E-state index contributed by atoms with van der Waals surface area (Å²) >= 11 is 0. The highest BCUT2D eigenvalue weighted by Crippen LogP contribution is 2.30. The van der Waals surface area contributed by atoms with Crippen molar-refractivity contribution in [3.63, 3.8) is 0 Å². The fraction of sp³-hybridized carbons (Fsp3) is 0.158. The standard InChI is InChI=1S/C19H18N4O4/c1-12-4-6-16(7-5-12)27-17-9-14(8-15(10-17)23(25)26)21-19(24)18-11-20-22(3)13(18)2/h4-11H,1-3H3,(H,21,24). The number of aryl methyl sites for hydroxylation is 2. The van der Waals surface area contributed by atoms with Gasteiger partial charge in [-0.2, -0.15) is 5.10 Å². The van der Waals surface area contributed by atoms with E-state index in [4.69, 9.17) is 4.74 Å². The Bertz CT molecular complexity index is 1010. The molecular weight excluding hydrogens is 348 g/mol. The Kier molecular flexibility index (Phi) is 4.89. The van der Waals surface area contributed by atoms with Crippen LogP contribution in [-0.4, -0.2) is 20.6 Å². The van der Waals surface area contributed by atoms with Crippen molar-refractivity contribution in [2.24, 2.45) is 7.05 Å². The third kappa shape index (κ3) is 4.12. The molecule has 1 amide bonds. The maximum atomic E-state index is 12.5.